The molecule has 0 aliphatic carbocycles. The molecular weight excluding hydrogens is 314 g/mol. The lowest BCUT2D eigenvalue weighted by atomic mass is 10.00. The molecule has 138 valence electrons. The molecule has 0 radical (unpaired) electrons. The van der Waals surface area contributed by atoms with Crippen LogP contribution in [-0.2, 0) is 22.6 Å². The second-order valence-corrected chi connectivity index (χ2v) is 7.28. The molecule has 0 atom stereocenters. The minimum Gasteiger partial charge on any atom is -0.381 e. The Labute approximate surface area is 151 Å². The van der Waals surface area contributed by atoms with E-state index in [0.29, 0.717) is 25.2 Å². The average molecular weight is 345 g/mol. The molecule has 0 bridgehead atoms. The van der Waals surface area contributed by atoms with Crippen LogP contribution in [0.25, 0.3) is 0 Å². The van der Waals surface area contributed by atoms with Gasteiger partial charge in [0, 0.05) is 26.3 Å². The lowest BCUT2D eigenvalue weighted by Gasteiger charge is -2.31. The van der Waals surface area contributed by atoms with Crippen molar-refractivity contribution in [2.75, 3.05) is 26.3 Å². The summed E-state index contributed by atoms with van der Waals surface area (Å²) in [6.07, 6.45) is 4.75. The van der Waals surface area contributed by atoms with Gasteiger partial charge in [0.1, 0.15) is 0 Å². The number of benzene rings is 1. The number of nitrogens with zero attached hydrogens (tertiary/aromatic N) is 2. The van der Waals surface area contributed by atoms with Gasteiger partial charge in [0.25, 0.3) is 0 Å². The van der Waals surface area contributed by atoms with Crippen LogP contribution >= 0.6 is 0 Å². The second-order valence-electron chi connectivity index (χ2n) is 7.28. The van der Waals surface area contributed by atoms with Crippen LogP contribution in [-0.4, -0.2) is 43.3 Å². The number of aliphatic imine (C=N–C) groups is 1. The number of ether oxygens (including phenoxy) is 2. The zero-order chi connectivity index (χ0) is 17.5. The van der Waals surface area contributed by atoms with Crippen LogP contribution in [0.15, 0.2) is 29.3 Å². The predicted molar refractivity (Wildman–Crippen MR) is 100 cm³/mol. The fraction of sp³-hybridized carbons (Fsp3) is 0.650. The van der Waals surface area contributed by atoms with Crippen molar-refractivity contribution in [2.24, 2.45) is 16.6 Å². The summed E-state index contributed by atoms with van der Waals surface area (Å²) in [5, 5.41) is 0. The van der Waals surface area contributed by atoms with Crippen molar-refractivity contribution >= 4 is 5.96 Å². The van der Waals surface area contributed by atoms with Gasteiger partial charge in [-0.2, -0.15) is 0 Å². The highest BCUT2D eigenvalue weighted by Gasteiger charge is 2.17. The van der Waals surface area contributed by atoms with E-state index in [1.54, 1.807) is 0 Å². The van der Waals surface area contributed by atoms with Crippen LogP contribution < -0.4 is 5.73 Å². The number of likely N-dealkylation sites (tertiary alicyclic amines) is 1. The van der Waals surface area contributed by atoms with Crippen LogP contribution in [0.2, 0.25) is 0 Å². The number of hydrogen-bond acceptors (Lipinski definition) is 3. The second kappa shape index (κ2) is 9.20. The third-order valence-corrected chi connectivity index (χ3v) is 5.21. The monoisotopic (exact) mass is 345 g/mol. The highest BCUT2D eigenvalue weighted by atomic mass is 16.5. The van der Waals surface area contributed by atoms with E-state index >= 15 is 0 Å². The van der Waals surface area contributed by atoms with Gasteiger partial charge in [-0.25, -0.2) is 4.99 Å². The van der Waals surface area contributed by atoms with Gasteiger partial charge in [-0.15, -0.1) is 0 Å². The van der Waals surface area contributed by atoms with E-state index < -0.39 is 0 Å². The van der Waals surface area contributed by atoms with E-state index in [1.165, 1.54) is 24.0 Å². The fourth-order valence-corrected chi connectivity index (χ4v) is 3.31. The van der Waals surface area contributed by atoms with Gasteiger partial charge in [0.05, 0.1) is 19.3 Å². The quantitative estimate of drug-likeness (QED) is 0.658. The maximum absolute atomic E-state index is 6.15. The minimum atomic E-state index is 0.338. The van der Waals surface area contributed by atoms with Gasteiger partial charge >= 0.3 is 0 Å². The summed E-state index contributed by atoms with van der Waals surface area (Å²) in [6, 6.07) is 8.50. The molecule has 0 aromatic heterocycles. The van der Waals surface area contributed by atoms with Crippen molar-refractivity contribution in [3.05, 3.63) is 35.4 Å². The Balaban J connectivity index is 1.44. The van der Waals surface area contributed by atoms with E-state index in [9.17, 15) is 0 Å². The third kappa shape index (κ3) is 5.72. The topological polar surface area (TPSA) is 60.1 Å². The highest BCUT2D eigenvalue weighted by Crippen LogP contribution is 2.16. The fourth-order valence-electron chi connectivity index (χ4n) is 3.31. The van der Waals surface area contributed by atoms with Crippen LogP contribution in [0.5, 0.6) is 0 Å². The standard InChI is InChI=1S/C20H31N3O2/c1-16-6-10-23(11-7-16)20(21)22-14-17-2-4-18(5-3-17)15-25-19-8-12-24-13-9-19/h2-5,16,19H,6-15H2,1H3,(H2,21,22). The SMILES string of the molecule is CC1CCN(C(N)=NCc2ccc(COC3CCOCC3)cc2)CC1. The number of nitrogens with two attached hydrogens (primary N) is 1. The minimum absolute atomic E-state index is 0.338. The van der Waals surface area contributed by atoms with Gasteiger partial charge in [0.2, 0.25) is 0 Å². The molecule has 2 aliphatic rings. The molecule has 2 heterocycles. The zero-order valence-electron chi connectivity index (χ0n) is 15.3. The smallest absolute Gasteiger partial charge is 0.191 e. The Morgan fingerprint density at radius 3 is 2.44 bits per heavy atom. The van der Waals surface area contributed by atoms with E-state index in [4.69, 9.17) is 15.2 Å². The lowest BCUT2D eigenvalue weighted by molar-refractivity contribution is -0.0390. The lowest BCUT2D eigenvalue weighted by Crippen LogP contribution is -2.42. The first-order valence-corrected chi connectivity index (χ1v) is 9.53. The molecule has 25 heavy (non-hydrogen) atoms. The van der Waals surface area contributed by atoms with Crippen molar-refractivity contribution in [2.45, 2.75) is 51.9 Å². The van der Waals surface area contributed by atoms with Crippen LogP contribution in [0.1, 0.15) is 43.7 Å². The molecule has 2 saturated heterocycles. The molecule has 5 nitrogen and oxygen atoms in total. The molecule has 0 saturated carbocycles. The zero-order valence-corrected chi connectivity index (χ0v) is 15.3. The van der Waals surface area contributed by atoms with Crippen molar-refractivity contribution in [1.29, 1.82) is 0 Å². The number of piperidine rings is 1. The summed E-state index contributed by atoms with van der Waals surface area (Å²) >= 11 is 0. The van der Waals surface area contributed by atoms with Crippen molar-refractivity contribution in [3.63, 3.8) is 0 Å². The van der Waals surface area contributed by atoms with Crippen LogP contribution in [0, 0.1) is 5.92 Å². The molecule has 0 amide bonds. The Hall–Kier alpha value is -1.59. The highest BCUT2D eigenvalue weighted by molar-refractivity contribution is 5.78. The summed E-state index contributed by atoms with van der Waals surface area (Å²) in [4.78, 5) is 6.77. The van der Waals surface area contributed by atoms with Crippen LogP contribution in [0.3, 0.4) is 0 Å². The first kappa shape index (κ1) is 18.2. The summed E-state index contributed by atoms with van der Waals surface area (Å²) in [7, 11) is 0. The number of hydrogen-bond donors (Lipinski definition) is 1. The summed E-state index contributed by atoms with van der Waals surface area (Å²) in [5.74, 6) is 1.48. The van der Waals surface area contributed by atoms with Crippen molar-refractivity contribution in [3.8, 4) is 0 Å². The summed E-state index contributed by atoms with van der Waals surface area (Å²) in [6.45, 7) is 7.30. The molecular formula is C20H31N3O2. The Bertz CT molecular complexity index is 545. The number of rotatable bonds is 5. The van der Waals surface area contributed by atoms with E-state index in [1.807, 2.05) is 0 Å². The van der Waals surface area contributed by atoms with Crippen LogP contribution in [0.4, 0.5) is 0 Å². The largest absolute Gasteiger partial charge is 0.381 e. The van der Waals surface area contributed by atoms with E-state index in [0.717, 1.165) is 45.1 Å². The van der Waals surface area contributed by atoms with Gasteiger partial charge in [-0.1, -0.05) is 31.2 Å². The first-order valence-electron chi connectivity index (χ1n) is 9.53. The third-order valence-electron chi connectivity index (χ3n) is 5.21. The van der Waals surface area contributed by atoms with E-state index in [-0.39, 0.29) is 0 Å². The van der Waals surface area contributed by atoms with E-state index in [2.05, 4.69) is 41.1 Å². The molecule has 5 heteroatoms. The molecule has 0 spiro atoms. The molecule has 2 aliphatic heterocycles. The molecule has 1 aromatic rings. The molecule has 3 rings (SSSR count). The average Bonchev–Trinajstić information content (AvgIpc) is 2.67. The van der Waals surface area contributed by atoms with Crippen molar-refractivity contribution in [1.82, 2.24) is 4.90 Å². The maximum Gasteiger partial charge on any atom is 0.191 e. The van der Waals surface area contributed by atoms with Gasteiger partial charge in [0.15, 0.2) is 5.96 Å². The predicted octanol–water partition coefficient (Wildman–Crippen LogP) is 2.93. The van der Waals surface area contributed by atoms with Gasteiger partial charge < -0.3 is 20.1 Å². The Morgan fingerprint density at radius 2 is 1.76 bits per heavy atom. The molecule has 1 aromatic carbocycles. The van der Waals surface area contributed by atoms with Gasteiger partial charge in [-0.05, 0) is 42.7 Å². The Morgan fingerprint density at radius 1 is 1.12 bits per heavy atom. The summed E-state index contributed by atoms with van der Waals surface area (Å²) < 4.78 is 11.3. The maximum atomic E-state index is 6.15. The normalized spacial score (nSPS) is 20.8. The van der Waals surface area contributed by atoms with Crippen molar-refractivity contribution < 1.29 is 9.47 Å². The molecule has 0 unspecified atom stereocenters. The Kier molecular flexibility index (Phi) is 6.70. The first-order chi connectivity index (χ1) is 12.2. The molecule has 2 N–H and O–H groups in total. The molecule has 2 fully saturated rings. The summed E-state index contributed by atoms with van der Waals surface area (Å²) in [5.41, 5.74) is 8.54. The van der Waals surface area contributed by atoms with Gasteiger partial charge in [-0.3, -0.25) is 0 Å². The number of guanidine groups is 1.